The lowest BCUT2D eigenvalue weighted by Gasteiger charge is -2.32. The highest BCUT2D eigenvalue weighted by atomic mass is 19.4. The molecule has 1 heterocycles. The molecular weight excluding hydrogens is 411 g/mol. The Morgan fingerprint density at radius 1 is 1.06 bits per heavy atom. The summed E-state index contributed by atoms with van der Waals surface area (Å²) in [5.41, 5.74) is 1.98. The first-order valence-corrected chi connectivity index (χ1v) is 9.45. The van der Waals surface area contributed by atoms with E-state index in [0.29, 0.717) is 0 Å². The van der Waals surface area contributed by atoms with Gasteiger partial charge in [0.2, 0.25) is 11.8 Å². The van der Waals surface area contributed by atoms with Gasteiger partial charge in [0.15, 0.2) is 0 Å². The fourth-order valence-electron chi connectivity index (χ4n) is 3.32. The maximum absolute atomic E-state index is 12.7. The van der Waals surface area contributed by atoms with Crippen molar-refractivity contribution in [2.45, 2.75) is 25.6 Å². The van der Waals surface area contributed by atoms with Gasteiger partial charge in [-0.05, 0) is 35.4 Å². The van der Waals surface area contributed by atoms with Crippen molar-refractivity contribution < 1.29 is 27.6 Å². The van der Waals surface area contributed by atoms with Gasteiger partial charge in [0, 0.05) is 24.4 Å². The zero-order valence-corrected chi connectivity index (χ0v) is 16.6. The summed E-state index contributed by atoms with van der Waals surface area (Å²) in [6, 6.07) is 12.5. The van der Waals surface area contributed by atoms with Crippen LogP contribution in [0.1, 0.15) is 40.9 Å². The molecule has 2 N–H and O–H groups in total. The summed E-state index contributed by atoms with van der Waals surface area (Å²) >= 11 is 0. The van der Waals surface area contributed by atoms with Crippen LogP contribution in [0.2, 0.25) is 0 Å². The molecular formula is C22H20F3N3O3. The maximum Gasteiger partial charge on any atom is 0.405 e. The predicted molar refractivity (Wildman–Crippen MR) is 109 cm³/mol. The molecule has 0 aliphatic carbocycles. The van der Waals surface area contributed by atoms with E-state index < -0.39 is 30.6 Å². The molecule has 6 nitrogen and oxygen atoms in total. The average Bonchev–Trinajstić information content (AvgIpc) is 2.71. The topological polar surface area (TPSA) is 78.5 Å². The molecule has 2 aromatic rings. The standard InChI is InChI=1S/C22H20F3N3O3/c1-14(29)28-10-9-15-5-2-3-8-18(15)19(28)12-20(30)27-17-7-4-6-16(11-17)21(31)26-13-22(23,24)25/h2-11,19H,12-13H2,1H3,(H,26,31)(H,27,30)/t19-/m0/s1. The zero-order valence-electron chi connectivity index (χ0n) is 16.6. The highest BCUT2D eigenvalue weighted by molar-refractivity contribution is 5.97. The number of anilines is 1. The molecule has 0 radical (unpaired) electrons. The lowest BCUT2D eigenvalue weighted by molar-refractivity contribution is -0.129. The van der Waals surface area contributed by atoms with Crippen LogP contribution in [0.15, 0.2) is 54.7 Å². The van der Waals surface area contributed by atoms with Crippen molar-refractivity contribution in [3.05, 3.63) is 71.4 Å². The second-order valence-corrected chi connectivity index (χ2v) is 7.02. The third-order valence-corrected chi connectivity index (χ3v) is 4.71. The lowest BCUT2D eigenvalue weighted by atomic mass is 9.93. The van der Waals surface area contributed by atoms with E-state index in [1.165, 1.54) is 36.1 Å². The molecule has 2 aromatic carbocycles. The molecule has 162 valence electrons. The van der Waals surface area contributed by atoms with Gasteiger partial charge in [-0.2, -0.15) is 13.2 Å². The second kappa shape index (κ2) is 9.03. The summed E-state index contributed by atoms with van der Waals surface area (Å²) in [4.78, 5) is 38.1. The molecule has 31 heavy (non-hydrogen) atoms. The van der Waals surface area contributed by atoms with Crippen LogP contribution in [0.25, 0.3) is 6.08 Å². The minimum atomic E-state index is -4.52. The number of rotatable bonds is 5. The molecule has 0 spiro atoms. The smallest absolute Gasteiger partial charge is 0.343 e. The predicted octanol–water partition coefficient (Wildman–Crippen LogP) is 3.88. The fourth-order valence-corrected chi connectivity index (χ4v) is 3.32. The number of amides is 3. The summed E-state index contributed by atoms with van der Waals surface area (Å²) in [6.07, 6.45) is -1.12. The number of alkyl halides is 3. The van der Waals surface area contributed by atoms with Gasteiger partial charge in [-0.15, -0.1) is 0 Å². The Morgan fingerprint density at radius 2 is 1.81 bits per heavy atom. The van der Waals surface area contributed by atoms with Crippen molar-refractivity contribution in [1.82, 2.24) is 10.2 Å². The summed E-state index contributed by atoms with van der Waals surface area (Å²) < 4.78 is 36.9. The van der Waals surface area contributed by atoms with E-state index in [2.05, 4.69) is 5.32 Å². The maximum atomic E-state index is 12.7. The van der Waals surface area contributed by atoms with Crippen LogP contribution in [-0.2, 0) is 9.59 Å². The van der Waals surface area contributed by atoms with Crippen LogP contribution in [0, 0.1) is 0 Å². The first kappa shape index (κ1) is 22.1. The van der Waals surface area contributed by atoms with E-state index in [0.717, 1.165) is 11.1 Å². The SMILES string of the molecule is CC(=O)N1C=Cc2ccccc2[C@@H]1CC(=O)Nc1cccc(C(=O)NCC(F)(F)F)c1. The highest BCUT2D eigenvalue weighted by Gasteiger charge is 2.29. The van der Waals surface area contributed by atoms with Crippen molar-refractivity contribution in [3.63, 3.8) is 0 Å². The Kier molecular flexibility index (Phi) is 6.43. The van der Waals surface area contributed by atoms with Gasteiger partial charge in [-0.3, -0.25) is 14.4 Å². The summed E-state index contributed by atoms with van der Waals surface area (Å²) in [5.74, 6) is -1.52. The highest BCUT2D eigenvalue weighted by Crippen LogP contribution is 2.33. The normalized spacial score (nSPS) is 15.2. The van der Waals surface area contributed by atoms with Crippen molar-refractivity contribution >= 4 is 29.5 Å². The molecule has 1 atom stereocenters. The van der Waals surface area contributed by atoms with Crippen molar-refractivity contribution in [2.75, 3.05) is 11.9 Å². The van der Waals surface area contributed by atoms with Crippen LogP contribution in [0.4, 0.5) is 18.9 Å². The van der Waals surface area contributed by atoms with Gasteiger partial charge in [0.05, 0.1) is 12.5 Å². The summed E-state index contributed by atoms with van der Waals surface area (Å²) in [7, 11) is 0. The third kappa shape index (κ3) is 5.71. The number of nitrogens with zero attached hydrogens (tertiary/aromatic N) is 1. The summed E-state index contributed by atoms with van der Waals surface area (Å²) in [6.45, 7) is -0.0376. The lowest BCUT2D eigenvalue weighted by Crippen LogP contribution is -2.34. The van der Waals surface area contributed by atoms with Crippen LogP contribution in [0.3, 0.4) is 0 Å². The molecule has 0 unspecified atom stereocenters. The first-order chi connectivity index (χ1) is 14.6. The number of halogens is 3. The third-order valence-electron chi connectivity index (χ3n) is 4.71. The molecule has 0 fully saturated rings. The van der Waals surface area contributed by atoms with Gasteiger partial charge in [-0.25, -0.2) is 0 Å². The Bertz CT molecular complexity index is 1030. The molecule has 0 bridgehead atoms. The number of hydrogen-bond donors (Lipinski definition) is 2. The van der Waals surface area contributed by atoms with Crippen LogP contribution < -0.4 is 10.6 Å². The molecule has 9 heteroatoms. The minimum absolute atomic E-state index is 0.0154. The minimum Gasteiger partial charge on any atom is -0.343 e. The summed E-state index contributed by atoms with van der Waals surface area (Å²) in [5, 5.41) is 4.43. The van der Waals surface area contributed by atoms with E-state index >= 15 is 0 Å². The van der Waals surface area contributed by atoms with Crippen molar-refractivity contribution in [1.29, 1.82) is 0 Å². The number of carbonyl (C=O) groups is 3. The first-order valence-electron chi connectivity index (χ1n) is 9.45. The number of nitrogens with one attached hydrogen (secondary N) is 2. The van der Waals surface area contributed by atoms with E-state index in [-0.39, 0.29) is 23.6 Å². The van der Waals surface area contributed by atoms with Gasteiger partial charge in [0.25, 0.3) is 5.91 Å². The van der Waals surface area contributed by atoms with Gasteiger partial charge in [0.1, 0.15) is 6.54 Å². The van der Waals surface area contributed by atoms with Crippen LogP contribution in [-0.4, -0.2) is 35.3 Å². The largest absolute Gasteiger partial charge is 0.405 e. The molecule has 0 aromatic heterocycles. The van der Waals surface area contributed by atoms with E-state index in [4.69, 9.17) is 0 Å². The average molecular weight is 431 g/mol. The van der Waals surface area contributed by atoms with Gasteiger partial charge < -0.3 is 15.5 Å². The van der Waals surface area contributed by atoms with Gasteiger partial charge >= 0.3 is 6.18 Å². The van der Waals surface area contributed by atoms with Crippen LogP contribution >= 0.6 is 0 Å². The van der Waals surface area contributed by atoms with Crippen molar-refractivity contribution in [2.24, 2.45) is 0 Å². The quantitative estimate of drug-likeness (QED) is 0.754. The van der Waals surface area contributed by atoms with E-state index in [9.17, 15) is 27.6 Å². The van der Waals surface area contributed by atoms with Crippen molar-refractivity contribution in [3.8, 4) is 0 Å². The molecule has 0 saturated heterocycles. The Balaban J connectivity index is 1.71. The van der Waals surface area contributed by atoms with E-state index in [1.54, 1.807) is 17.6 Å². The molecule has 1 aliphatic heterocycles. The number of hydrogen-bond acceptors (Lipinski definition) is 3. The Hall–Kier alpha value is -3.62. The molecule has 1 aliphatic rings. The zero-order chi connectivity index (χ0) is 22.6. The Labute approximate surface area is 176 Å². The Morgan fingerprint density at radius 3 is 2.52 bits per heavy atom. The second-order valence-electron chi connectivity index (χ2n) is 7.02. The van der Waals surface area contributed by atoms with Crippen LogP contribution in [0.5, 0.6) is 0 Å². The molecule has 0 saturated carbocycles. The molecule has 3 rings (SSSR count). The number of benzene rings is 2. The van der Waals surface area contributed by atoms with Gasteiger partial charge in [-0.1, -0.05) is 30.3 Å². The molecule has 3 amide bonds. The fraction of sp³-hybridized carbons (Fsp3) is 0.227. The number of fused-ring (bicyclic) bond motifs is 1. The number of carbonyl (C=O) groups excluding carboxylic acids is 3. The monoisotopic (exact) mass is 431 g/mol. The van der Waals surface area contributed by atoms with E-state index in [1.807, 2.05) is 24.3 Å².